The number of rotatable bonds is 7. The number of nitrogens with one attached hydrogen (secondary N) is 2. The zero-order chi connectivity index (χ0) is 17.4. The molecular weight excluding hydrogens is 447 g/mol. The van der Waals surface area contributed by atoms with Gasteiger partial charge in [-0.15, -0.1) is 24.0 Å². The Kier molecular flexibility index (Phi) is 9.26. The fourth-order valence-corrected chi connectivity index (χ4v) is 2.19. The lowest BCUT2D eigenvalue weighted by Gasteiger charge is -2.23. The van der Waals surface area contributed by atoms with Crippen LogP contribution in [0.25, 0.3) is 5.82 Å². The van der Waals surface area contributed by atoms with Crippen molar-refractivity contribution < 1.29 is 0 Å². The third-order valence-electron chi connectivity index (χ3n) is 3.55. The van der Waals surface area contributed by atoms with Crippen LogP contribution in [-0.4, -0.2) is 44.8 Å². The van der Waals surface area contributed by atoms with E-state index in [2.05, 4.69) is 52.7 Å². The van der Waals surface area contributed by atoms with E-state index < -0.39 is 0 Å². The molecule has 8 heteroatoms. The summed E-state index contributed by atoms with van der Waals surface area (Å²) < 4.78 is 1.91. The van der Waals surface area contributed by atoms with Gasteiger partial charge in [0, 0.05) is 36.4 Å². The third kappa shape index (κ3) is 7.23. The van der Waals surface area contributed by atoms with Crippen molar-refractivity contribution in [2.75, 3.05) is 19.3 Å². The van der Waals surface area contributed by atoms with E-state index in [-0.39, 0.29) is 28.7 Å². The molecule has 0 aliphatic carbocycles. The second kappa shape index (κ2) is 10.6. The van der Waals surface area contributed by atoms with Crippen molar-refractivity contribution in [1.82, 2.24) is 25.4 Å². The molecule has 25 heavy (non-hydrogen) atoms. The maximum atomic E-state index is 4.67. The molecule has 0 aromatic carbocycles. The van der Waals surface area contributed by atoms with Crippen molar-refractivity contribution in [3.63, 3.8) is 0 Å². The third-order valence-corrected chi connectivity index (χ3v) is 4.80. The van der Waals surface area contributed by atoms with E-state index >= 15 is 0 Å². The number of thioether (sulfide) groups is 1. The number of guanidine groups is 1. The van der Waals surface area contributed by atoms with Gasteiger partial charge in [-0.25, -0.2) is 14.7 Å². The largest absolute Gasteiger partial charge is 0.357 e. The highest BCUT2D eigenvalue weighted by Gasteiger charge is 2.16. The molecule has 0 radical (unpaired) electrons. The fraction of sp³-hybridized carbons (Fsp3) is 0.471. The van der Waals surface area contributed by atoms with Crippen molar-refractivity contribution in [3.8, 4) is 5.82 Å². The summed E-state index contributed by atoms with van der Waals surface area (Å²) in [5.41, 5.74) is 1.09. The first-order valence-electron chi connectivity index (χ1n) is 8.06. The molecule has 2 aromatic heterocycles. The predicted molar refractivity (Wildman–Crippen MR) is 117 cm³/mol. The second-order valence-electron chi connectivity index (χ2n) is 5.99. The van der Waals surface area contributed by atoms with Crippen molar-refractivity contribution >= 4 is 41.7 Å². The maximum absolute atomic E-state index is 4.67. The molecule has 0 aliphatic rings. The molecule has 0 atom stereocenters. The van der Waals surface area contributed by atoms with E-state index in [9.17, 15) is 0 Å². The van der Waals surface area contributed by atoms with E-state index in [0.29, 0.717) is 6.54 Å². The van der Waals surface area contributed by atoms with Crippen LogP contribution in [0, 0.1) is 0 Å². The van der Waals surface area contributed by atoms with Gasteiger partial charge in [0.25, 0.3) is 0 Å². The van der Waals surface area contributed by atoms with E-state index in [0.717, 1.165) is 30.4 Å². The predicted octanol–water partition coefficient (Wildman–Crippen LogP) is 3.08. The van der Waals surface area contributed by atoms with Gasteiger partial charge >= 0.3 is 0 Å². The molecule has 138 valence electrons. The summed E-state index contributed by atoms with van der Waals surface area (Å²) in [4.78, 5) is 9.01. The van der Waals surface area contributed by atoms with Gasteiger partial charge in [-0.1, -0.05) is 0 Å². The van der Waals surface area contributed by atoms with Crippen molar-refractivity contribution in [2.45, 2.75) is 32.1 Å². The lowest BCUT2D eigenvalue weighted by atomic mass is 10.2. The molecule has 2 heterocycles. The molecule has 2 N–H and O–H groups in total. The highest BCUT2D eigenvalue weighted by Crippen LogP contribution is 2.19. The SMILES string of the molecule is CCNC(=NCc1ccnc(-n2cccn2)c1)NCC(C)(C)SC.I. The average Bonchev–Trinajstić information content (AvgIpc) is 3.12. The van der Waals surface area contributed by atoms with Crippen LogP contribution in [0.1, 0.15) is 26.3 Å². The van der Waals surface area contributed by atoms with E-state index in [4.69, 9.17) is 0 Å². The van der Waals surface area contributed by atoms with Crippen LogP contribution in [0.15, 0.2) is 41.8 Å². The average molecular weight is 474 g/mol. The molecule has 6 nitrogen and oxygen atoms in total. The van der Waals surface area contributed by atoms with Crippen LogP contribution in [0.3, 0.4) is 0 Å². The minimum Gasteiger partial charge on any atom is -0.357 e. The Hall–Kier alpha value is -1.29. The van der Waals surface area contributed by atoms with Gasteiger partial charge in [0.1, 0.15) is 0 Å². The topological polar surface area (TPSA) is 67.1 Å². The molecule has 0 unspecified atom stereocenters. The molecule has 0 saturated heterocycles. The maximum Gasteiger partial charge on any atom is 0.191 e. The quantitative estimate of drug-likeness (QED) is 0.367. The van der Waals surface area contributed by atoms with Gasteiger partial charge in [-0.2, -0.15) is 16.9 Å². The molecule has 0 fully saturated rings. The number of aromatic nitrogens is 3. The molecule has 0 bridgehead atoms. The summed E-state index contributed by atoms with van der Waals surface area (Å²) in [7, 11) is 0. The Morgan fingerprint density at radius 2 is 2.12 bits per heavy atom. The van der Waals surface area contributed by atoms with E-state index in [1.807, 2.05) is 36.2 Å². The molecule has 2 aromatic rings. The summed E-state index contributed by atoms with van der Waals surface area (Å²) >= 11 is 1.84. The zero-order valence-electron chi connectivity index (χ0n) is 15.2. The Bertz CT molecular complexity index is 657. The van der Waals surface area contributed by atoms with Gasteiger partial charge in [0.2, 0.25) is 0 Å². The van der Waals surface area contributed by atoms with Gasteiger partial charge in [-0.3, -0.25) is 0 Å². The van der Waals surface area contributed by atoms with Gasteiger partial charge in [-0.05, 0) is 50.8 Å². The summed E-state index contributed by atoms with van der Waals surface area (Å²) in [6.07, 6.45) is 7.54. The molecule has 0 saturated carbocycles. The molecule has 0 amide bonds. The highest BCUT2D eigenvalue weighted by atomic mass is 127. The van der Waals surface area contributed by atoms with Crippen LogP contribution in [0.5, 0.6) is 0 Å². The van der Waals surface area contributed by atoms with Crippen molar-refractivity contribution in [1.29, 1.82) is 0 Å². The molecule has 2 rings (SSSR count). The number of pyridine rings is 1. The van der Waals surface area contributed by atoms with Crippen molar-refractivity contribution in [3.05, 3.63) is 42.4 Å². The second-order valence-corrected chi connectivity index (χ2v) is 7.50. The summed E-state index contributed by atoms with van der Waals surface area (Å²) in [6.45, 7) is 8.78. The first-order chi connectivity index (χ1) is 11.5. The van der Waals surface area contributed by atoms with Crippen LogP contribution < -0.4 is 10.6 Å². The minimum atomic E-state index is 0. The summed E-state index contributed by atoms with van der Waals surface area (Å²) in [5, 5.41) is 10.9. The summed E-state index contributed by atoms with van der Waals surface area (Å²) in [6, 6.07) is 5.87. The van der Waals surface area contributed by atoms with Crippen LogP contribution in [0.2, 0.25) is 0 Å². The smallest absolute Gasteiger partial charge is 0.191 e. The van der Waals surface area contributed by atoms with Gasteiger partial charge in [0.15, 0.2) is 11.8 Å². The fourth-order valence-electron chi connectivity index (χ4n) is 1.97. The number of aliphatic imine (C=N–C) groups is 1. The standard InChI is InChI=1S/C17H26N6S.HI/c1-5-18-16(21-13-17(2,3)24-4)20-12-14-7-9-19-15(11-14)23-10-6-8-22-23;/h6-11H,5,12-13H2,1-4H3,(H2,18,20,21);1H. The van der Waals surface area contributed by atoms with E-state index in [1.54, 1.807) is 17.1 Å². The lowest BCUT2D eigenvalue weighted by molar-refractivity contribution is 0.665. The lowest BCUT2D eigenvalue weighted by Crippen LogP contribution is -2.43. The Balaban J connectivity index is 0.00000312. The monoisotopic (exact) mass is 474 g/mol. The minimum absolute atomic E-state index is 0. The molecule has 0 spiro atoms. The van der Waals surface area contributed by atoms with Crippen molar-refractivity contribution in [2.24, 2.45) is 4.99 Å². The first-order valence-corrected chi connectivity index (χ1v) is 9.29. The Morgan fingerprint density at radius 3 is 2.76 bits per heavy atom. The summed E-state index contributed by atoms with van der Waals surface area (Å²) in [5.74, 6) is 1.63. The zero-order valence-corrected chi connectivity index (χ0v) is 18.3. The number of nitrogens with zero attached hydrogens (tertiary/aromatic N) is 4. The van der Waals surface area contributed by atoms with E-state index in [1.165, 1.54) is 0 Å². The van der Waals surface area contributed by atoms with Gasteiger partial charge < -0.3 is 10.6 Å². The molecular formula is C17H27IN6S. The van der Waals surface area contributed by atoms with Crippen LogP contribution in [-0.2, 0) is 6.54 Å². The highest BCUT2D eigenvalue weighted by molar-refractivity contribution is 14.0. The number of hydrogen-bond donors (Lipinski definition) is 2. The Labute approximate surface area is 171 Å². The number of halogens is 1. The normalized spacial score (nSPS) is 11.8. The Morgan fingerprint density at radius 1 is 1.32 bits per heavy atom. The number of hydrogen-bond acceptors (Lipinski definition) is 4. The van der Waals surface area contributed by atoms with Crippen LogP contribution in [0.4, 0.5) is 0 Å². The van der Waals surface area contributed by atoms with Gasteiger partial charge in [0.05, 0.1) is 6.54 Å². The molecule has 0 aliphatic heterocycles. The van der Waals surface area contributed by atoms with Crippen LogP contribution >= 0.6 is 35.7 Å². The first kappa shape index (κ1) is 21.8.